The molecule has 2 aromatic heterocycles. The van der Waals surface area contributed by atoms with Crippen LogP contribution in [0.4, 0.5) is 0 Å². The van der Waals surface area contributed by atoms with E-state index in [1.165, 1.54) is 10.5 Å². The van der Waals surface area contributed by atoms with Crippen molar-refractivity contribution in [2.24, 2.45) is 0 Å². The molecule has 1 aliphatic rings. The van der Waals surface area contributed by atoms with Crippen molar-refractivity contribution in [2.45, 2.75) is 19.5 Å². The van der Waals surface area contributed by atoms with E-state index in [2.05, 4.69) is 29.3 Å². The van der Waals surface area contributed by atoms with Gasteiger partial charge in [0.05, 0.1) is 12.0 Å². The Labute approximate surface area is 163 Å². The molecule has 1 saturated heterocycles. The van der Waals surface area contributed by atoms with Gasteiger partial charge in [0, 0.05) is 5.56 Å². The molecule has 0 amide bonds. The summed E-state index contributed by atoms with van der Waals surface area (Å²) in [5.74, 6) is 2.29. The Balaban J connectivity index is 1.32. The van der Waals surface area contributed by atoms with Crippen molar-refractivity contribution in [3.05, 3.63) is 53.2 Å². The molecule has 1 atom stereocenters. The SMILES string of the molecule is COc1ccc(C[NH+]2CC[NH+]([C@H](C)c3nnc(-c4cccs4)o3)CC2)cc1. The monoisotopic (exact) mass is 386 g/mol. The number of nitrogens with zero attached hydrogens (tertiary/aromatic N) is 2. The zero-order valence-corrected chi connectivity index (χ0v) is 16.6. The van der Waals surface area contributed by atoms with Crippen LogP contribution in [0.25, 0.3) is 10.8 Å². The van der Waals surface area contributed by atoms with Crippen LogP contribution in [0.2, 0.25) is 0 Å². The fourth-order valence-corrected chi connectivity index (χ4v) is 4.29. The molecule has 0 unspecified atom stereocenters. The van der Waals surface area contributed by atoms with Gasteiger partial charge in [0.2, 0.25) is 0 Å². The molecule has 3 heterocycles. The summed E-state index contributed by atoms with van der Waals surface area (Å²) in [4.78, 5) is 4.18. The van der Waals surface area contributed by atoms with Gasteiger partial charge in [0.15, 0.2) is 6.04 Å². The summed E-state index contributed by atoms with van der Waals surface area (Å²) in [7, 11) is 1.70. The lowest BCUT2D eigenvalue weighted by molar-refractivity contribution is -1.03. The minimum Gasteiger partial charge on any atom is -0.497 e. The standard InChI is InChI=1S/C20H24N4O2S/c1-15(19-21-22-20(26-19)18-4-3-13-27-18)24-11-9-23(10-12-24)14-16-5-7-17(25-2)8-6-16/h3-8,13,15H,9-12,14H2,1-2H3/p+2/t15-/m1/s1. The summed E-state index contributed by atoms with van der Waals surface area (Å²) in [6, 6.07) is 12.7. The molecule has 27 heavy (non-hydrogen) atoms. The normalized spacial score (nSPS) is 21.1. The van der Waals surface area contributed by atoms with Crippen LogP contribution >= 0.6 is 11.3 Å². The number of piperazine rings is 1. The first-order valence-corrected chi connectivity index (χ1v) is 10.3. The molecule has 7 heteroatoms. The number of quaternary nitrogens is 2. The highest BCUT2D eigenvalue weighted by molar-refractivity contribution is 7.13. The van der Waals surface area contributed by atoms with Crippen LogP contribution in [0.15, 0.2) is 46.2 Å². The highest BCUT2D eigenvalue weighted by Gasteiger charge is 2.31. The maximum absolute atomic E-state index is 5.94. The fourth-order valence-electron chi connectivity index (χ4n) is 3.65. The molecule has 3 aromatic rings. The second-order valence-electron chi connectivity index (χ2n) is 7.08. The van der Waals surface area contributed by atoms with E-state index >= 15 is 0 Å². The third-order valence-electron chi connectivity index (χ3n) is 5.37. The van der Waals surface area contributed by atoms with Gasteiger partial charge in [-0.2, -0.15) is 0 Å². The quantitative estimate of drug-likeness (QED) is 0.660. The van der Waals surface area contributed by atoms with E-state index in [1.807, 2.05) is 29.6 Å². The number of thiophene rings is 1. The Morgan fingerprint density at radius 3 is 2.56 bits per heavy atom. The highest BCUT2D eigenvalue weighted by Crippen LogP contribution is 2.24. The maximum Gasteiger partial charge on any atom is 0.274 e. The van der Waals surface area contributed by atoms with Gasteiger partial charge in [-0.3, -0.25) is 0 Å². The molecule has 1 fully saturated rings. The lowest BCUT2D eigenvalue weighted by Gasteiger charge is -2.32. The molecule has 142 valence electrons. The second kappa shape index (κ2) is 8.21. The molecule has 1 aliphatic heterocycles. The van der Waals surface area contributed by atoms with Gasteiger partial charge in [-0.15, -0.1) is 21.5 Å². The molecule has 0 saturated carbocycles. The van der Waals surface area contributed by atoms with Crippen molar-refractivity contribution in [3.8, 4) is 16.5 Å². The van der Waals surface area contributed by atoms with Gasteiger partial charge in [-0.05, 0) is 42.6 Å². The molecule has 2 N–H and O–H groups in total. The number of nitrogens with one attached hydrogen (secondary N) is 2. The molecular weight excluding hydrogens is 360 g/mol. The second-order valence-corrected chi connectivity index (χ2v) is 8.03. The van der Waals surface area contributed by atoms with Crippen LogP contribution in [0.3, 0.4) is 0 Å². The Bertz CT molecular complexity index is 839. The molecule has 0 bridgehead atoms. The Kier molecular flexibility index (Phi) is 5.52. The van der Waals surface area contributed by atoms with E-state index in [-0.39, 0.29) is 6.04 Å². The average Bonchev–Trinajstić information content (AvgIpc) is 3.40. The van der Waals surface area contributed by atoms with Gasteiger partial charge >= 0.3 is 0 Å². The number of hydrogen-bond acceptors (Lipinski definition) is 5. The van der Waals surface area contributed by atoms with Crippen molar-refractivity contribution >= 4 is 11.3 Å². The van der Waals surface area contributed by atoms with Gasteiger partial charge in [-0.1, -0.05) is 6.07 Å². The Morgan fingerprint density at radius 2 is 1.89 bits per heavy atom. The van der Waals surface area contributed by atoms with E-state index in [9.17, 15) is 0 Å². The minimum atomic E-state index is 0.230. The summed E-state index contributed by atoms with van der Waals surface area (Å²) in [5, 5.41) is 10.6. The van der Waals surface area contributed by atoms with Crippen LogP contribution in [0.1, 0.15) is 24.4 Å². The minimum absolute atomic E-state index is 0.230. The first-order valence-electron chi connectivity index (χ1n) is 9.41. The molecular formula is C20H26N4O2S+2. The third kappa shape index (κ3) is 4.21. The third-order valence-corrected chi connectivity index (χ3v) is 6.23. The van der Waals surface area contributed by atoms with Crippen molar-refractivity contribution in [1.29, 1.82) is 0 Å². The van der Waals surface area contributed by atoms with Crippen molar-refractivity contribution < 1.29 is 19.0 Å². The molecule has 0 aliphatic carbocycles. The first-order chi connectivity index (χ1) is 13.2. The molecule has 0 spiro atoms. The largest absolute Gasteiger partial charge is 0.497 e. The van der Waals surface area contributed by atoms with Gasteiger partial charge in [-0.25, -0.2) is 0 Å². The van der Waals surface area contributed by atoms with Crippen molar-refractivity contribution in [2.75, 3.05) is 33.3 Å². The number of rotatable bonds is 6. The van der Waals surface area contributed by atoms with Crippen LogP contribution in [-0.4, -0.2) is 43.5 Å². The Hall–Kier alpha value is -2.22. The Morgan fingerprint density at radius 1 is 1.11 bits per heavy atom. The predicted molar refractivity (Wildman–Crippen MR) is 104 cm³/mol. The molecule has 0 radical (unpaired) electrons. The van der Waals surface area contributed by atoms with E-state index < -0.39 is 0 Å². The van der Waals surface area contributed by atoms with Gasteiger partial charge in [0.25, 0.3) is 11.8 Å². The molecule has 6 nitrogen and oxygen atoms in total. The van der Waals surface area contributed by atoms with Gasteiger partial charge in [0.1, 0.15) is 38.5 Å². The molecule has 4 rings (SSSR count). The zero-order valence-electron chi connectivity index (χ0n) is 15.8. The smallest absolute Gasteiger partial charge is 0.274 e. The van der Waals surface area contributed by atoms with Crippen molar-refractivity contribution in [3.63, 3.8) is 0 Å². The van der Waals surface area contributed by atoms with E-state index in [1.54, 1.807) is 23.3 Å². The maximum atomic E-state index is 5.94. The highest BCUT2D eigenvalue weighted by atomic mass is 32.1. The lowest BCUT2D eigenvalue weighted by Crippen LogP contribution is -3.27. The van der Waals surface area contributed by atoms with E-state index in [0.717, 1.165) is 49.2 Å². The summed E-state index contributed by atoms with van der Waals surface area (Å²) in [6.45, 7) is 7.78. The van der Waals surface area contributed by atoms with Crippen LogP contribution in [-0.2, 0) is 6.54 Å². The summed E-state index contributed by atoms with van der Waals surface area (Å²) in [5.41, 5.74) is 1.36. The van der Waals surface area contributed by atoms with E-state index in [0.29, 0.717) is 5.89 Å². The van der Waals surface area contributed by atoms with Crippen molar-refractivity contribution in [1.82, 2.24) is 10.2 Å². The van der Waals surface area contributed by atoms with Crippen LogP contribution in [0.5, 0.6) is 5.75 Å². The lowest BCUT2D eigenvalue weighted by atomic mass is 10.1. The number of benzene rings is 1. The number of hydrogen-bond donors (Lipinski definition) is 2. The number of methoxy groups -OCH3 is 1. The predicted octanol–water partition coefficient (Wildman–Crippen LogP) is 0.851. The fraction of sp³-hybridized carbons (Fsp3) is 0.400. The average molecular weight is 387 g/mol. The number of aromatic nitrogens is 2. The van der Waals surface area contributed by atoms with E-state index in [4.69, 9.17) is 9.15 Å². The summed E-state index contributed by atoms with van der Waals surface area (Å²) in [6.07, 6.45) is 0. The topological polar surface area (TPSA) is 57.0 Å². The first kappa shape index (κ1) is 18.2. The van der Waals surface area contributed by atoms with Gasteiger partial charge < -0.3 is 19.0 Å². The summed E-state index contributed by atoms with van der Waals surface area (Å²) >= 11 is 1.63. The van der Waals surface area contributed by atoms with Crippen LogP contribution < -0.4 is 14.5 Å². The summed E-state index contributed by atoms with van der Waals surface area (Å²) < 4.78 is 11.2. The van der Waals surface area contributed by atoms with Crippen LogP contribution in [0, 0.1) is 0 Å². The molecule has 1 aromatic carbocycles. The number of ether oxygens (including phenoxy) is 1. The zero-order chi connectivity index (χ0) is 18.6.